The van der Waals surface area contributed by atoms with E-state index in [0.717, 1.165) is 34.1 Å². The van der Waals surface area contributed by atoms with Crippen LogP contribution in [0.1, 0.15) is 44.7 Å². The summed E-state index contributed by atoms with van der Waals surface area (Å²) in [5.74, 6) is 1.52. The van der Waals surface area contributed by atoms with Crippen molar-refractivity contribution in [3.8, 4) is 11.5 Å². The summed E-state index contributed by atoms with van der Waals surface area (Å²) in [5, 5.41) is 3.95. The van der Waals surface area contributed by atoms with Crippen molar-refractivity contribution in [2.24, 2.45) is 0 Å². The molecule has 0 radical (unpaired) electrons. The maximum atomic E-state index is 12.7. The standard InChI is InChI=1S/C19H23BrN2O3S/c1-4-24-15-10-11(9-12(20)18(15)25-5-2)17-16-13(7-6-8-14(16)23)22(3)19(26)21-17/h9-10,17H,4-8H2,1-3H3,(H,21,26). The second-order valence-electron chi connectivity index (χ2n) is 6.27. The van der Waals surface area contributed by atoms with E-state index in [9.17, 15) is 4.79 Å². The van der Waals surface area contributed by atoms with E-state index in [1.54, 1.807) is 0 Å². The molecule has 2 aliphatic rings. The molecule has 1 N–H and O–H groups in total. The molecule has 1 unspecified atom stereocenters. The first-order chi connectivity index (χ1) is 12.5. The van der Waals surface area contributed by atoms with Gasteiger partial charge in [-0.1, -0.05) is 0 Å². The summed E-state index contributed by atoms with van der Waals surface area (Å²) in [7, 11) is 1.92. The minimum atomic E-state index is -0.271. The molecule has 26 heavy (non-hydrogen) atoms. The van der Waals surface area contributed by atoms with Crippen LogP contribution in [0, 0.1) is 0 Å². The molecule has 1 aromatic rings. The van der Waals surface area contributed by atoms with E-state index in [2.05, 4.69) is 21.2 Å². The van der Waals surface area contributed by atoms with Gasteiger partial charge < -0.3 is 19.7 Å². The molecule has 1 aromatic carbocycles. The van der Waals surface area contributed by atoms with E-state index in [1.807, 2.05) is 37.9 Å². The van der Waals surface area contributed by atoms with Gasteiger partial charge >= 0.3 is 0 Å². The van der Waals surface area contributed by atoms with Crippen molar-refractivity contribution in [3.05, 3.63) is 33.4 Å². The molecular formula is C19H23BrN2O3S. The van der Waals surface area contributed by atoms with E-state index >= 15 is 0 Å². The number of hydrogen-bond acceptors (Lipinski definition) is 4. The molecule has 1 heterocycles. The van der Waals surface area contributed by atoms with Gasteiger partial charge in [-0.3, -0.25) is 4.79 Å². The number of ketones is 1. The zero-order valence-electron chi connectivity index (χ0n) is 15.2. The van der Waals surface area contributed by atoms with Crippen LogP contribution < -0.4 is 14.8 Å². The fourth-order valence-electron chi connectivity index (χ4n) is 3.49. The third-order valence-corrected chi connectivity index (χ3v) is 5.63. The Bertz CT molecular complexity index is 778. The Kier molecular flexibility index (Phi) is 5.87. The molecule has 0 bridgehead atoms. The van der Waals surface area contributed by atoms with Gasteiger partial charge in [0.05, 0.1) is 23.7 Å². The Balaban J connectivity index is 2.11. The van der Waals surface area contributed by atoms with Crippen LogP contribution >= 0.6 is 28.1 Å². The van der Waals surface area contributed by atoms with Gasteiger partial charge in [0.25, 0.3) is 0 Å². The number of rotatable bonds is 5. The third kappa shape index (κ3) is 3.47. The Morgan fingerprint density at radius 1 is 1.27 bits per heavy atom. The number of ether oxygens (including phenoxy) is 2. The van der Waals surface area contributed by atoms with Gasteiger partial charge in [0.2, 0.25) is 0 Å². The minimum Gasteiger partial charge on any atom is -0.490 e. The van der Waals surface area contributed by atoms with Crippen molar-refractivity contribution in [1.82, 2.24) is 10.2 Å². The molecule has 7 heteroatoms. The first-order valence-corrected chi connectivity index (χ1v) is 10.1. The zero-order valence-corrected chi connectivity index (χ0v) is 17.6. The molecule has 1 aliphatic carbocycles. The molecule has 3 rings (SSSR count). The molecule has 5 nitrogen and oxygen atoms in total. The molecule has 0 aromatic heterocycles. The molecule has 0 saturated heterocycles. The number of halogens is 1. The third-order valence-electron chi connectivity index (χ3n) is 4.65. The van der Waals surface area contributed by atoms with E-state index in [-0.39, 0.29) is 11.8 Å². The zero-order chi connectivity index (χ0) is 18.8. The second kappa shape index (κ2) is 7.96. The molecule has 0 amide bonds. The van der Waals surface area contributed by atoms with Gasteiger partial charge in [0.15, 0.2) is 22.4 Å². The SMILES string of the molecule is CCOc1cc(C2NC(=S)N(C)C3=C2C(=O)CCC3)cc(Br)c1OCC. The summed E-state index contributed by atoms with van der Waals surface area (Å²) in [6.07, 6.45) is 2.31. The number of benzene rings is 1. The number of nitrogens with zero attached hydrogens (tertiary/aromatic N) is 1. The van der Waals surface area contributed by atoms with Crippen LogP contribution in [-0.2, 0) is 4.79 Å². The van der Waals surface area contributed by atoms with Crippen LogP contribution in [-0.4, -0.2) is 36.1 Å². The number of hydrogen-bond donors (Lipinski definition) is 1. The van der Waals surface area contributed by atoms with Crippen LogP contribution in [0.15, 0.2) is 27.9 Å². The lowest BCUT2D eigenvalue weighted by Gasteiger charge is -2.39. The van der Waals surface area contributed by atoms with Crippen molar-refractivity contribution in [3.63, 3.8) is 0 Å². The van der Waals surface area contributed by atoms with Crippen LogP contribution in [0.5, 0.6) is 11.5 Å². The van der Waals surface area contributed by atoms with Gasteiger partial charge in [0, 0.05) is 24.7 Å². The summed E-state index contributed by atoms with van der Waals surface area (Å²) in [6.45, 7) is 4.94. The Labute approximate surface area is 167 Å². The first-order valence-electron chi connectivity index (χ1n) is 8.87. The Morgan fingerprint density at radius 3 is 2.69 bits per heavy atom. The predicted molar refractivity (Wildman–Crippen MR) is 109 cm³/mol. The summed E-state index contributed by atoms with van der Waals surface area (Å²) < 4.78 is 12.3. The van der Waals surface area contributed by atoms with E-state index in [1.165, 1.54) is 0 Å². The second-order valence-corrected chi connectivity index (χ2v) is 7.52. The van der Waals surface area contributed by atoms with E-state index in [4.69, 9.17) is 21.7 Å². The number of Topliss-reactive ketones (excluding diaryl/α,β-unsaturated/α-hetero) is 1. The van der Waals surface area contributed by atoms with Crippen molar-refractivity contribution in [2.75, 3.05) is 20.3 Å². The van der Waals surface area contributed by atoms with Gasteiger partial charge in [-0.25, -0.2) is 0 Å². The lowest BCUT2D eigenvalue weighted by atomic mass is 9.85. The molecule has 1 atom stereocenters. The van der Waals surface area contributed by atoms with Crippen molar-refractivity contribution < 1.29 is 14.3 Å². The quantitative estimate of drug-likeness (QED) is 0.697. The Morgan fingerprint density at radius 2 is 2.00 bits per heavy atom. The van der Waals surface area contributed by atoms with Gasteiger partial charge in [-0.15, -0.1) is 0 Å². The highest BCUT2D eigenvalue weighted by Gasteiger charge is 2.36. The monoisotopic (exact) mass is 438 g/mol. The van der Waals surface area contributed by atoms with Crippen molar-refractivity contribution in [2.45, 2.75) is 39.2 Å². The molecule has 0 saturated carbocycles. The maximum Gasteiger partial charge on any atom is 0.175 e. The minimum absolute atomic E-state index is 0.182. The van der Waals surface area contributed by atoms with Gasteiger partial charge in [-0.05, 0) is 72.5 Å². The molecule has 0 fully saturated rings. The maximum absolute atomic E-state index is 12.7. The largest absolute Gasteiger partial charge is 0.490 e. The lowest BCUT2D eigenvalue weighted by molar-refractivity contribution is -0.116. The smallest absolute Gasteiger partial charge is 0.175 e. The number of thiocarbonyl (C=S) groups is 1. The first kappa shape index (κ1) is 19.2. The van der Waals surface area contributed by atoms with E-state index < -0.39 is 0 Å². The summed E-state index contributed by atoms with van der Waals surface area (Å²) in [6, 6.07) is 3.65. The molecular weight excluding hydrogens is 416 g/mol. The molecule has 0 spiro atoms. The summed E-state index contributed by atoms with van der Waals surface area (Å²) >= 11 is 9.09. The average molecular weight is 439 g/mol. The highest BCUT2D eigenvalue weighted by atomic mass is 79.9. The van der Waals surface area contributed by atoms with Gasteiger partial charge in [0.1, 0.15) is 0 Å². The summed E-state index contributed by atoms with van der Waals surface area (Å²) in [4.78, 5) is 14.6. The highest BCUT2D eigenvalue weighted by molar-refractivity contribution is 9.10. The normalized spacial score (nSPS) is 20.0. The summed E-state index contributed by atoms with van der Waals surface area (Å²) in [5.41, 5.74) is 2.77. The number of carbonyl (C=O) groups is 1. The lowest BCUT2D eigenvalue weighted by Crippen LogP contribution is -2.47. The topological polar surface area (TPSA) is 50.8 Å². The average Bonchev–Trinajstić information content (AvgIpc) is 2.61. The van der Waals surface area contributed by atoms with Crippen LogP contribution in [0.4, 0.5) is 0 Å². The number of nitrogens with one attached hydrogen (secondary N) is 1. The number of carbonyl (C=O) groups excluding carboxylic acids is 1. The molecule has 1 aliphatic heterocycles. The fourth-order valence-corrected chi connectivity index (χ4v) is 4.29. The van der Waals surface area contributed by atoms with Crippen LogP contribution in [0.3, 0.4) is 0 Å². The van der Waals surface area contributed by atoms with E-state index in [0.29, 0.717) is 36.2 Å². The predicted octanol–water partition coefficient (Wildman–Crippen LogP) is 4.11. The number of allylic oxidation sites excluding steroid dienone is 1. The van der Waals surface area contributed by atoms with Crippen molar-refractivity contribution in [1.29, 1.82) is 0 Å². The molecule has 140 valence electrons. The van der Waals surface area contributed by atoms with Gasteiger partial charge in [-0.2, -0.15) is 0 Å². The van der Waals surface area contributed by atoms with Crippen molar-refractivity contribution >= 4 is 39.0 Å². The van der Waals surface area contributed by atoms with Crippen LogP contribution in [0.25, 0.3) is 0 Å². The van der Waals surface area contributed by atoms with Crippen LogP contribution in [0.2, 0.25) is 0 Å². The highest BCUT2D eigenvalue weighted by Crippen LogP contribution is 2.42. The Hall–Kier alpha value is -1.60. The fraction of sp³-hybridized carbons (Fsp3) is 0.474.